The van der Waals surface area contributed by atoms with Gasteiger partial charge >= 0.3 is 11.4 Å². The molecule has 0 saturated carbocycles. The molecule has 0 spiro atoms. The topological polar surface area (TPSA) is 105 Å². The maximum Gasteiger partial charge on any atom is 0.318 e. The summed E-state index contributed by atoms with van der Waals surface area (Å²) >= 11 is 0. The van der Waals surface area contributed by atoms with Gasteiger partial charge in [-0.2, -0.15) is 0 Å². The molecule has 8 heteroatoms. The van der Waals surface area contributed by atoms with E-state index in [9.17, 15) is 20.2 Å². The molecule has 24 heavy (non-hydrogen) atoms. The molecule has 0 saturated heterocycles. The van der Waals surface area contributed by atoms with Gasteiger partial charge in [-0.3, -0.25) is 20.2 Å². The molecule has 0 radical (unpaired) electrons. The minimum Gasteiger partial charge on any atom is -0.496 e. The van der Waals surface area contributed by atoms with Gasteiger partial charge in [-0.05, 0) is 30.2 Å². The van der Waals surface area contributed by atoms with E-state index < -0.39 is 27.0 Å². The van der Waals surface area contributed by atoms with Crippen molar-refractivity contribution in [3.8, 4) is 17.2 Å². The van der Waals surface area contributed by atoms with Gasteiger partial charge in [0.1, 0.15) is 11.5 Å². The molecule has 0 amide bonds. The van der Waals surface area contributed by atoms with Gasteiger partial charge in [-0.15, -0.1) is 0 Å². The van der Waals surface area contributed by atoms with Crippen LogP contribution < -0.4 is 9.47 Å². The SMILES string of the molecule is COc1ccc(Oc2c([N+](=O)[O-])cccc2[N+](=O)[O-])cc1C(C)C. The summed E-state index contributed by atoms with van der Waals surface area (Å²) in [4.78, 5) is 20.9. The summed E-state index contributed by atoms with van der Waals surface area (Å²) < 4.78 is 10.8. The summed E-state index contributed by atoms with van der Waals surface area (Å²) in [5.41, 5.74) is -0.103. The second kappa shape index (κ2) is 6.95. The monoisotopic (exact) mass is 332 g/mol. The molecule has 0 unspecified atom stereocenters. The lowest BCUT2D eigenvalue weighted by molar-refractivity contribution is -0.395. The van der Waals surface area contributed by atoms with Crippen LogP contribution in [0.15, 0.2) is 36.4 Å². The van der Waals surface area contributed by atoms with Gasteiger partial charge in [-0.1, -0.05) is 13.8 Å². The third-order valence-corrected chi connectivity index (χ3v) is 3.41. The van der Waals surface area contributed by atoms with Crippen molar-refractivity contribution < 1.29 is 19.3 Å². The van der Waals surface area contributed by atoms with Crippen LogP contribution in [0.1, 0.15) is 25.3 Å². The van der Waals surface area contributed by atoms with Crippen molar-refractivity contribution in [3.05, 3.63) is 62.2 Å². The second-order valence-electron chi connectivity index (χ2n) is 5.30. The first-order valence-corrected chi connectivity index (χ1v) is 7.12. The zero-order chi connectivity index (χ0) is 17.9. The maximum absolute atomic E-state index is 11.1. The molecule has 2 aromatic rings. The summed E-state index contributed by atoms with van der Waals surface area (Å²) in [6, 6.07) is 8.43. The molecule has 0 fully saturated rings. The van der Waals surface area contributed by atoms with Crippen molar-refractivity contribution in [3.63, 3.8) is 0 Å². The number of ether oxygens (including phenoxy) is 2. The number of hydrogen-bond donors (Lipinski definition) is 0. The summed E-state index contributed by atoms with van der Waals surface area (Å²) in [5.74, 6) is 0.628. The molecule has 0 aliphatic carbocycles. The Hall–Kier alpha value is -3.16. The highest BCUT2D eigenvalue weighted by atomic mass is 16.6. The van der Waals surface area contributed by atoms with Crippen LogP contribution in [0.25, 0.3) is 0 Å². The van der Waals surface area contributed by atoms with Gasteiger partial charge in [0, 0.05) is 17.7 Å². The lowest BCUT2D eigenvalue weighted by atomic mass is 10.0. The zero-order valence-electron chi connectivity index (χ0n) is 13.4. The molecule has 0 aliphatic rings. The van der Waals surface area contributed by atoms with Crippen LogP contribution in [-0.4, -0.2) is 17.0 Å². The number of methoxy groups -OCH3 is 1. The Balaban J connectivity index is 2.53. The van der Waals surface area contributed by atoms with Crippen LogP contribution in [0.2, 0.25) is 0 Å². The first kappa shape index (κ1) is 17.2. The molecule has 0 atom stereocenters. The summed E-state index contributed by atoms with van der Waals surface area (Å²) in [6.45, 7) is 3.91. The predicted octanol–water partition coefficient (Wildman–Crippen LogP) is 4.43. The normalized spacial score (nSPS) is 10.5. The fourth-order valence-electron chi connectivity index (χ4n) is 2.25. The maximum atomic E-state index is 11.1. The number of nitro groups is 2. The smallest absolute Gasteiger partial charge is 0.318 e. The van der Waals surface area contributed by atoms with Gasteiger partial charge in [0.25, 0.3) is 5.75 Å². The molecule has 8 nitrogen and oxygen atoms in total. The van der Waals surface area contributed by atoms with Crippen LogP contribution in [-0.2, 0) is 0 Å². The molecule has 126 valence electrons. The van der Waals surface area contributed by atoms with E-state index in [0.717, 1.165) is 17.7 Å². The van der Waals surface area contributed by atoms with Crippen LogP contribution in [0, 0.1) is 20.2 Å². The Labute approximate surface area is 137 Å². The van der Waals surface area contributed by atoms with E-state index in [2.05, 4.69) is 0 Å². The molecule has 0 bridgehead atoms. The molecular weight excluding hydrogens is 316 g/mol. The highest BCUT2D eigenvalue weighted by molar-refractivity contribution is 5.61. The van der Waals surface area contributed by atoms with Crippen molar-refractivity contribution in [2.45, 2.75) is 19.8 Å². The largest absolute Gasteiger partial charge is 0.496 e. The predicted molar refractivity (Wildman–Crippen MR) is 86.9 cm³/mol. The van der Waals surface area contributed by atoms with E-state index in [1.807, 2.05) is 13.8 Å². The average Bonchev–Trinajstić information content (AvgIpc) is 2.54. The van der Waals surface area contributed by atoms with Crippen molar-refractivity contribution in [2.24, 2.45) is 0 Å². The minimum atomic E-state index is -0.713. The highest BCUT2D eigenvalue weighted by Gasteiger charge is 2.27. The van der Waals surface area contributed by atoms with Crippen molar-refractivity contribution in [1.82, 2.24) is 0 Å². The molecule has 0 aliphatic heterocycles. The van der Waals surface area contributed by atoms with E-state index in [-0.39, 0.29) is 11.7 Å². The number of para-hydroxylation sites is 1. The number of benzene rings is 2. The van der Waals surface area contributed by atoms with Crippen LogP contribution in [0.3, 0.4) is 0 Å². The number of nitrogens with zero attached hydrogens (tertiary/aromatic N) is 2. The van der Waals surface area contributed by atoms with E-state index in [4.69, 9.17) is 9.47 Å². The summed E-state index contributed by atoms with van der Waals surface area (Å²) in [5, 5.41) is 22.3. The lowest BCUT2D eigenvalue weighted by Crippen LogP contribution is -2.00. The Morgan fingerprint density at radius 2 is 1.58 bits per heavy atom. The number of nitro benzene ring substituents is 2. The number of hydrogen-bond acceptors (Lipinski definition) is 6. The minimum absolute atomic E-state index is 0.115. The van der Waals surface area contributed by atoms with E-state index in [0.29, 0.717) is 5.75 Å². The van der Waals surface area contributed by atoms with Crippen molar-refractivity contribution >= 4 is 11.4 Å². The third kappa shape index (κ3) is 3.43. The molecule has 2 rings (SSSR count). The molecular formula is C16H16N2O6. The third-order valence-electron chi connectivity index (χ3n) is 3.41. The molecule has 0 N–H and O–H groups in total. The molecule has 0 aromatic heterocycles. The van der Waals surface area contributed by atoms with Crippen LogP contribution in [0.5, 0.6) is 17.2 Å². The molecule has 0 heterocycles. The quantitative estimate of drug-likeness (QED) is 0.572. The fraction of sp³-hybridized carbons (Fsp3) is 0.250. The Morgan fingerprint density at radius 1 is 1.00 bits per heavy atom. The Kier molecular flexibility index (Phi) is 4.98. The van der Waals surface area contributed by atoms with Gasteiger partial charge in [0.05, 0.1) is 17.0 Å². The van der Waals surface area contributed by atoms with E-state index in [1.54, 1.807) is 18.2 Å². The Bertz CT molecular complexity index is 756. The van der Waals surface area contributed by atoms with Crippen LogP contribution in [0.4, 0.5) is 11.4 Å². The molecule has 2 aromatic carbocycles. The van der Waals surface area contributed by atoms with Crippen molar-refractivity contribution in [2.75, 3.05) is 7.11 Å². The van der Waals surface area contributed by atoms with E-state index >= 15 is 0 Å². The van der Waals surface area contributed by atoms with E-state index in [1.165, 1.54) is 13.2 Å². The summed E-state index contributed by atoms with van der Waals surface area (Å²) in [6.07, 6.45) is 0. The highest BCUT2D eigenvalue weighted by Crippen LogP contribution is 2.40. The van der Waals surface area contributed by atoms with Gasteiger partial charge in [-0.25, -0.2) is 0 Å². The van der Waals surface area contributed by atoms with Gasteiger partial charge in [0.2, 0.25) is 0 Å². The standard InChI is InChI=1S/C16H16N2O6/c1-10(2)12-9-11(7-8-15(12)23-3)24-16-13(17(19)20)5-4-6-14(16)18(21)22/h4-10H,1-3H3. The first-order valence-electron chi connectivity index (χ1n) is 7.12. The first-order chi connectivity index (χ1) is 11.3. The van der Waals surface area contributed by atoms with Crippen molar-refractivity contribution in [1.29, 1.82) is 0 Å². The fourth-order valence-corrected chi connectivity index (χ4v) is 2.25. The van der Waals surface area contributed by atoms with Crippen LogP contribution >= 0.6 is 0 Å². The Morgan fingerprint density at radius 3 is 2.04 bits per heavy atom. The average molecular weight is 332 g/mol. The second-order valence-corrected chi connectivity index (χ2v) is 5.30. The summed E-state index contributed by atoms with van der Waals surface area (Å²) in [7, 11) is 1.54. The van der Waals surface area contributed by atoms with Gasteiger partial charge < -0.3 is 9.47 Å². The van der Waals surface area contributed by atoms with Gasteiger partial charge in [0.15, 0.2) is 0 Å². The number of rotatable bonds is 6. The lowest BCUT2D eigenvalue weighted by Gasteiger charge is -2.14. The zero-order valence-corrected chi connectivity index (χ0v) is 13.4.